The second-order valence-corrected chi connectivity index (χ2v) is 9.78. The molecule has 0 atom stereocenters. The molecule has 4 heteroatoms. The minimum absolute atomic E-state index is 0.235. The van der Waals surface area contributed by atoms with Crippen LogP contribution >= 0.6 is 0 Å². The van der Waals surface area contributed by atoms with Crippen molar-refractivity contribution in [3.8, 4) is 17.1 Å². The number of hydrogen-bond acceptors (Lipinski definition) is 3. The van der Waals surface area contributed by atoms with Crippen LogP contribution in [0.5, 0.6) is 5.75 Å². The maximum atomic E-state index is 11.3. The highest BCUT2D eigenvalue weighted by Gasteiger charge is 2.52. The van der Waals surface area contributed by atoms with Gasteiger partial charge in [-0.2, -0.15) is 0 Å². The number of ether oxygens (including phenoxy) is 1. The van der Waals surface area contributed by atoms with Gasteiger partial charge in [-0.25, -0.2) is 4.79 Å². The van der Waals surface area contributed by atoms with E-state index in [0.29, 0.717) is 5.58 Å². The number of furan rings is 1. The van der Waals surface area contributed by atoms with Crippen LogP contribution in [0.25, 0.3) is 22.3 Å². The first-order chi connectivity index (χ1) is 14.5. The van der Waals surface area contributed by atoms with Crippen LogP contribution in [0, 0.1) is 17.8 Å². The van der Waals surface area contributed by atoms with Crippen molar-refractivity contribution in [3.05, 3.63) is 53.6 Å². The van der Waals surface area contributed by atoms with Crippen LogP contribution in [0.3, 0.4) is 0 Å². The lowest BCUT2D eigenvalue weighted by atomic mass is 9.48. The number of benzene rings is 2. The summed E-state index contributed by atoms with van der Waals surface area (Å²) in [5.41, 5.74) is 3.46. The van der Waals surface area contributed by atoms with Crippen LogP contribution in [0.4, 0.5) is 0 Å². The van der Waals surface area contributed by atoms with Gasteiger partial charge in [0.15, 0.2) is 0 Å². The zero-order chi connectivity index (χ0) is 20.5. The third-order valence-corrected chi connectivity index (χ3v) is 7.86. The molecular weight excluding hydrogens is 376 g/mol. The van der Waals surface area contributed by atoms with Gasteiger partial charge in [0.2, 0.25) is 0 Å². The minimum atomic E-state index is -0.941. The van der Waals surface area contributed by atoms with Crippen LogP contribution in [-0.2, 0) is 5.41 Å². The highest BCUT2D eigenvalue weighted by molar-refractivity contribution is 5.93. The van der Waals surface area contributed by atoms with Crippen molar-refractivity contribution >= 4 is 16.9 Å². The number of rotatable bonds is 4. The largest absolute Gasteiger partial charge is 0.496 e. The first-order valence-electron chi connectivity index (χ1n) is 11.0. The Morgan fingerprint density at radius 3 is 2.33 bits per heavy atom. The average Bonchev–Trinajstić information content (AvgIpc) is 3.15. The number of hydrogen-bond donors (Lipinski definition) is 1. The van der Waals surface area contributed by atoms with Crippen molar-refractivity contribution in [1.29, 1.82) is 0 Å². The first kappa shape index (κ1) is 18.1. The molecule has 4 aliphatic carbocycles. The van der Waals surface area contributed by atoms with E-state index in [4.69, 9.17) is 9.15 Å². The monoisotopic (exact) mass is 402 g/mol. The second kappa shape index (κ2) is 6.37. The number of carboxylic acids is 1. The highest BCUT2D eigenvalue weighted by atomic mass is 16.5. The molecule has 4 bridgehead atoms. The van der Waals surface area contributed by atoms with Crippen molar-refractivity contribution in [2.75, 3.05) is 7.11 Å². The Bertz CT molecular complexity index is 1120. The summed E-state index contributed by atoms with van der Waals surface area (Å²) in [5, 5.41) is 10.2. The van der Waals surface area contributed by atoms with E-state index in [9.17, 15) is 9.90 Å². The molecule has 0 radical (unpaired) electrons. The van der Waals surface area contributed by atoms with E-state index in [-0.39, 0.29) is 11.0 Å². The predicted molar refractivity (Wildman–Crippen MR) is 115 cm³/mol. The maximum Gasteiger partial charge on any atom is 0.335 e. The fourth-order valence-corrected chi connectivity index (χ4v) is 7.02. The van der Waals surface area contributed by atoms with E-state index in [1.165, 1.54) is 44.1 Å². The van der Waals surface area contributed by atoms with Gasteiger partial charge in [0.25, 0.3) is 0 Å². The van der Waals surface area contributed by atoms with Gasteiger partial charge in [-0.3, -0.25) is 0 Å². The van der Waals surface area contributed by atoms with Crippen molar-refractivity contribution < 1.29 is 19.1 Å². The van der Waals surface area contributed by atoms with E-state index in [1.807, 2.05) is 12.1 Å². The number of carboxylic acid groups (broad SMARTS) is 1. The molecule has 154 valence electrons. The Morgan fingerprint density at radius 1 is 1.00 bits per heavy atom. The van der Waals surface area contributed by atoms with Crippen LogP contribution in [0.1, 0.15) is 54.4 Å². The van der Waals surface area contributed by atoms with Crippen LogP contribution in [-0.4, -0.2) is 18.2 Å². The van der Waals surface area contributed by atoms with Gasteiger partial charge in [-0.15, -0.1) is 0 Å². The van der Waals surface area contributed by atoms with Gasteiger partial charge >= 0.3 is 5.97 Å². The summed E-state index contributed by atoms with van der Waals surface area (Å²) in [6.07, 6.45) is 8.08. The lowest BCUT2D eigenvalue weighted by Crippen LogP contribution is -2.48. The summed E-state index contributed by atoms with van der Waals surface area (Å²) in [6, 6.07) is 13.5. The van der Waals surface area contributed by atoms with Gasteiger partial charge in [-0.05, 0) is 98.1 Å². The Balaban J connectivity index is 1.44. The summed E-state index contributed by atoms with van der Waals surface area (Å²) in [4.78, 5) is 11.3. The number of methoxy groups -OCH3 is 1. The topological polar surface area (TPSA) is 59.7 Å². The Labute approximate surface area is 175 Å². The van der Waals surface area contributed by atoms with Crippen LogP contribution < -0.4 is 4.74 Å². The van der Waals surface area contributed by atoms with Crippen molar-refractivity contribution in [2.24, 2.45) is 17.8 Å². The molecule has 0 saturated heterocycles. The third-order valence-electron chi connectivity index (χ3n) is 7.86. The first-order valence-corrected chi connectivity index (χ1v) is 11.0. The highest BCUT2D eigenvalue weighted by Crippen LogP contribution is 2.62. The zero-order valence-corrected chi connectivity index (χ0v) is 17.2. The number of carbonyl (C=O) groups is 1. The Kier molecular flexibility index (Phi) is 3.83. The van der Waals surface area contributed by atoms with E-state index < -0.39 is 5.97 Å². The SMILES string of the molecule is COc1ccc(-c2cc3ccc(C(=O)O)cc3o2)cc1C12CC3CC(CC(C3)C1)C2. The molecule has 7 rings (SSSR count). The molecule has 3 aromatic rings. The molecule has 0 amide bonds. The van der Waals surface area contributed by atoms with E-state index >= 15 is 0 Å². The summed E-state index contributed by atoms with van der Waals surface area (Å²) in [6.45, 7) is 0. The maximum absolute atomic E-state index is 11.3. The van der Waals surface area contributed by atoms with Gasteiger partial charge in [0.05, 0.1) is 12.7 Å². The normalized spacial score (nSPS) is 29.4. The molecule has 1 N–H and O–H groups in total. The van der Waals surface area contributed by atoms with Crippen molar-refractivity contribution in [3.63, 3.8) is 0 Å². The zero-order valence-electron chi connectivity index (χ0n) is 17.2. The Hall–Kier alpha value is -2.75. The molecule has 0 unspecified atom stereocenters. The molecule has 30 heavy (non-hydrogen) atoms. The van der Waals surface area contributed by atoms with E-state index in [1.54, 1.807) is 19.2 Å². The van der Waals surface area contributed by atoms with Gasteiger partial charge < -0.3 is 14.3 Å². The molecule has 4 nitrogen and oxygen atoms in total. The summed E-state index contributed by atoms with van der Waals surface area (Å²) >= 11 is 0. The summed E-state index contributed by atoms with van der Waals surface area (Å²) in [7, 11) is 1.77. The van der Waals surface area contributed by atoms with E-state index in [2.05, 4.69) is 18.2 Å². The van der Waals surface area contributed by atoms with Crippen LogP contribution in [0.2, 0.25) is 0 Å². The summed E-state index contributed by atoms with van der Waals surface area (Å²) in [5.74, 6) is 3.43. The molecule has 0 spiro atoms. The van der Waals surface area contributed by atoms with Gasteiger partial charge in [-0.1, -0.05) is 6.07 Å². The van der Waals surface area contributed by atoms with Crippen molar-refractivity contribution in [1.82, 2.24) is 0 Å². The fraction of sp³-hybridized carbons (Fsp3) is 0.423. The number of aromatic carboxylic acids is 1. The van der Waals surface area contributed by atoms with E-state index in [0.717, 1.165) is 40.2 Å². The van der Waals surface area contributed by atoms with Gasteiger partial charge in [0.1, 0.15) is 17.1 Å². The average molecular weight is 402 g/mol. The summed E-state index contributed by atoms with van der Waals surface area (Å²) < 4.78 is 11.9. The molecule has 4 saturated carbocycles. The molecular formula is C26H26O4. The van der Waals surface area contributed by atoms with Crippen LogP contribution in [0.15, 0.2) is 46.9 Å². The fourth-order valence-electron chi connectivity index (χ4n) is 7.02. The van der Waals surface area contributed by atoms with Gasteiger partial charge in [0, 0.05) is 16.5 Å². The lowest BCUT2D eigenvalue weighted by Gasteiger charge is -2.57. The predicted octanol–water partition coefficient (Wildman–Crippen LogP) is 6.27. The Morgan fingerprint density at radius 2 is 1.70 bits per heavy atom. The molecule has 4 aliphatic rings. The molecule has 2 aromatic carbocycles. The molecule has 0 aliphatic heterocycles. The lowest BCUT2D eigenvalue weighted by molar-refractivity contribution is -0.00613. The quantitative estimate of drug-likeness (QED) is 0.558. The standard InChI is InChI=1S/C26H26O4/c1-29-22-5-4-18(23-10-19-2-3-20(25(27)28)11-24(19)30-23)9-21(22)26-12-15-6-16(13-26)8-17(7-15)14-26/h2-5,9-11,15-17H,6-8,12-14H2,1H3,(H,27,28). The molecule has 4 fully saturated rings. The number of fused-ring (bicyclic) bond motifs is 1. The molecule has 1 heterocycles. The second-order valence-electron chi connectivity index (χ2n) is 9.78. The smallest absolute Gasteiger partial charge is 0.335 e. The minimum Gasteiger partial charge on any atom is -0.496 e. The third kappa shape index (κ3) is 2.69. The van der Waals surface area contributed by atoms with Crippen molar-refractivity contribution in [2.45, 2.75) is 43.9 Å². The molecule has 1 aromatic heterocycles.